The molecule has 0 spiro atoms. The minimum absolute atomic E-state index is 0.0325. The van der Waals surface area contributed by atoms with Crippen LogP contribution < -0.4 is 5.32 Å². The Kier molecular flexibility index (Phi) is 6.23. The van der Waals surface area contributed by atoms with E-state index >= 15 is 0 Å². The largest absolute Gasteiger partial charge is 0.298 e. The second-order valence-corrected chi connectivity index (χ2v) is 10.6. The molecule has 0 unspecified atom stereocenters. The summed E-state index contributed by atoms with van der Waals surface area (Å²) in [5.41, 5.74) is 4.37. The molecule has 0 saturated carbocycles. The molecule has 0 fully saturated rings. The molecule has 2 aromatic carbocycles. The van der Waals surface area contributed by atoms with Gasteiger partial charge >= 0.3 is 0 Å². The first-order valence-corrected chi connectivity index (χ1v) is 11.8. The smallest absolute Gasteiger partial charge is 0.257 e. The first kappa shape index (κ1) is 21.6. The maximum absolute atomic E-state index is 12.7. The predicted molar refractivity (Wildman–Crippen MR) is 120 cm³/mol. The van der Waals surface area contributed by atoms with Crippen LogP contribution in [-0.2, 0) is 10.0 Å². The van der Waals surface area contributed by atoms with E-state index in [1.165, 1.54) is 42.6 Å². The number of nitrogens with one attached hydrogen (secondary N) is 1. The lowest BCUT2D eigenvalue weighted by Crippen LogP contribution is -2.23. The number of benzene rings is 2. The fourth-order valence-electron chi connectivity index (χ4n) is 2.57. The quantitative estimate of drug-likeness (QED) is 0.558. The van der Waals surface area contributed by atoms with Crippen LogP contribution in [0.4, 0.5) is 5.13 Å². The number of hydrogen-bond acceptors (Lipinski definition) is 5. The highest BCUT2D eigenvalue weighted by atomic mass is 79.9. The number of anilines is 1. The molecule has 0 saturated heterocycles. The van der Waals surface area contributed by atoms with E-state index in [9.17, 15) is 13.2 Å². The van der Waals surface area contributed by atoms with Crippen molar-refractivity contribution in [2.75, 3.05) is 19.4 Å². The van der Waals surface area contributed by atoms with Crippen LogP contribution in [0.2, 0.25) is 0 Å². The summed E-state index contributed by atoms with van der Waals surface area (Å²) in [6.45, 7) is 4.09. The van der Waals surface area contributed by atoms with Gasteiger partial charge in [-0.05, 0) is 65.2 Å². The molecule has 152 valence electrons. The highest BCUT2D eigenvalue weighted by Crippen LogP contribution is 2.28. The van der Waals surface area contributed by atoms with E-state index in [2.05, 4.69) is 39.2 Å². The highest BCUT2D eigenvalue weighted by Gasteiger charge is 2.22. The van der Waals surface area contributed by atoms with Gasteiger partial charge in [-0.1, -0.05) is 12.1 Å². The number of rotatable bonds is 5. The number of aromatic nitrogens is 1. The van der Waals surface area contributed by atoms with Crippen LogP contribution in [0.25, 0.3) is 11.3 Å². The summed E-state index contributed by atoms with van der Waals surface area (Å²) in [4.78, 5) is 17.2. The number of hydrogen-bond donors (Lipinski definition) is 1. The Morgan fingerprint density at radius 1 is 1.10 bits per heavy atom. The van der Waals surface area contributed by atoms with Crippen LogP contribution in [0, 0.1) is 13.8 Å². The van der Waals surface area contributed by atoms with Crippen molar-refractivity contribution in [1.82, 2.24) is 9.29 Å². The van der Waals surface area contributed by atoms with E-state index in [0.29, 0.717) is 9.60 Å². The average molecular weight is 494 g/mol. The summed E-state index contributed by atoms with van der Waals surface area (Å²) in [5.74, 6) is -0.423. The summed E-state index contributed by atoms with van der Waals surface area (Å²) in [5, 5.41) is 5.07. The molecule has 9 heteroatoms. The number of aryl methyl sites for hydroxylation is 2. The van der Waals surface area contributed by atoms with Crippen LogP contribution in [-0.4, -0.2) is 37.7 Å². The lowest BCUT2D eigenvalue weighted by atomic mass is 10.1. The minimum atomic E-state index is -3.68. The van der Waals surface area contributed by atoms with Crippen molar-refractivity contribution in [2.24, 2.45) is 0 Å². The number of nitrogens with zero attached hydrogens (tertiary/aromatic N) is 2. The van der Waals surface area contributed by atoms with Gasteiger partial charge in [0, 0.05) is 35.1 Å². The van der Waals surface area contributed by atoms with Gasteiger partial charge in [0.05, 0.1) is 10.6 Å². The summed E-state index contributed by atoms with van der Waals surface area (Å²) >= 11 is 4.56. The molecule has 0 aliphatic heterocycles. The molecule has 29 heavy (non-hydrogen) atoms. The van der Waals surface area contributed by atoms with Gasteiger partial charge in [-0.15, -0.1) is 11.3 Å². The molecule has 0 aliphatic rings. The molecule has 0 atom stereocenters. The third-order valence-electron chi connectivity index (χ3n) is 4.48. The van der Waals surface area contributed by atoms with Crippen molar-refractivity contribution >= 4 is 48.3 Å². The van der Waals surface area contributed by atoms with Crippen molar-refractivity contribution < 1.29 is 13.2 Å². The van der Waals surface area contributed by atoms with E-state index in [1.54, 1.807) is 12.1 Å². The molecule has 1 N–H and O–H groups in total. The van der Waals surface area contributed by atoms with Gasteiger partial charge in [-0.25, -0.2) is 17.7 Å². The molecule has 0 aliphatic carbocycles. The number of carbonyl (C=O) groups excluding carboxylic acids is 1. The summed E-state index contributed by atoms with van der Waals surface area (Å²) in [6, 6.07) is 10.6. The number of halogens is 1. The SMILES string of the molecule is Cc1ccc(-c2csc(NC(=O)c3ccc(Br)c(S(=O)(=O)N(C)C)c3)n2)cc1C. The second-order valence-electron chi connectivity index (χ2n) is 6.72. The molecule has 3 aromatic rings. The molecular formula is C20H20BrN3O3S2. The van der Waals surface area contributed by atoms with Crippen LogP contribution >= 0.6 is 27.3 Å². The first-order valence-electron chi connectivity index (χ1n) is 8.66. The average Bonchev–Trinajstić information content (AvgIpc) is 3.12. The molecule has 0 radical (unpaired) electrons. The molecule has 1 amide bonds. The summed E-state index contributed by atoms with van der Waals surface area (Å²) in [6.07, 6.45) is 0. The lowest BCUT2D eigenvalue weighted by molar-refractivity contribution is 0.102. The Morgan fingerprint density at radius 2 is 1.83 bits per heavy atom. The minimum Gasteiger partial charge on any atom is -0.298 e. The lowest BCUT2D eigenvalue weighted by Gasteiger charge is -2.13. The Labute approximate surface area is 182 Å². The maximum Gasteiger partial charge on any atom is 0.257 e. The third-order valence-corrected chi connectivity index (χ3v) is 8.05. The normalized spacial score (nSPS) is 11.7. The van der Waals surface area contributed by atoms with E-state index in [1.807, 2.05) is 24.4 Å². The van der Waals surface area contributed by atoms with Crippen LogP contribution in [0.15, 0.2) is 51.1 Å². The Morgan fingerprint density at radius 3 is 2.48 bits per heavy atom. The first-order chi connectivity index (χ1) is 13.6. The van der Waals surface area contributed by atoms with Crippen molar-refractivity contribution in [3.63, 3.8) is 0 Å². The van der Waals surface area contributed by atoms with Crippen LogP contribution in [0.5, 0.6) is 0 Å². The Bertz CT molecular complexity index is 1190. The number of amides is 1. The maximum atomic E-state index is 12.7. The molecule has 1 heterocycles. The topological polar surface area (TPSA) is 79.4 Å². The highest BCUT2D eigenvalue weighted by molar-refractivity contribution is 9.10. The predicted octanol–water partition coefficient (Wildman–Crippen LogP) is 4.69. The zero-order valence-electron chi connectivity index (χ0n) is 16.4. The molecular weight excluding hydrogens is 474 g/mol. The van der Waals surface area contributed by atoms with Gasteiger partial charge in [-0.3, -0.25) is 10.1 Å². The fraction of sp³-hybridized carbons (Fsp3) is 0.200. The van der Waals surface area contributed by atoms with E-state index < -0.39 is 15.9 Å². The number of carbonyl (C=O) groups is 1. The third kappa shape index (κ3) is 4.58. The molecule has 6 nitrogen and oxygen atoms in total. The van der Waals surface area contributed by atoms with Gasteiger partial charge in [0.15, 0.2) is 5.13 Å². The number of thiazole rings is 1. The van der Waals surface area contributed by atoms with Gasteiger partial charge < -0.3 is 0 Å². The summed E-state index contributed by atoms with van der Waals surface area (Å²) in [7, 11) is -0.797. The zero-order valence-corrected chi connectivity index (χ0v) is 19.6. The van der Waals surface area contributed by atoms with E-state index in [0.717, 1.165) is 15.6 Å². The monoisotopic (exact) mass is 493 g/mol. The van der Waals surface area contributed by atoms with Gasteiger partial charge in [0.1, 0.15) is 0 Å². The van der Waals surface area contributed by atoms with Crippen LogP contribution in [0.3, 0.4) is 0 Å². The van der Waals surface area contributed by atoms with Crippen molar-refractivity contribution in [3.8, 4) is 11.3 Å². The fourth-order valence-corrected chi connectivity index (χ4v) is 5.13. The Balaban J connectivity index is 1.84. The van der Waals surface area contributed by atoms with E-state index in [-0.39, 0.29) is 10.5 Å². The number of sulfonamides is 1. The van der Waals surface area contributed by atoms with Crippen molar-refractivity contribution in [3.05, 3.63) is 62.9 Å². The van der Waals surface area contributed by atoms with Crippen molar-refractivity contribution in [2.45, 2.75) is 18.7 Å². The standard InChI is InChI=1S/C20H20BrN3O3S2/c1-12-5-6-14(9-13(12)2)17-11-28-20(22-17)23-19(25)15-7-8-16(21)18(10-15)29(26,27)24(3)4/h5-11H,1-4H3,(H,22,23,25). The van der Waals surface area contributed by atoms with Gasteiger partial charge in [-0.2, -0.15) is 0 Å². The second kappa shape index (κ2) is 8.35. The van der Waals surface area contributed by atoms with Crippen molar-refractivity contribution in [1.29, 1.82) is 0 Å². The van der Waals surface area contributed by atoms with Gasteiger partial charge in [0.25, 0.3) is 5.91 Å². The van der Waals surface area contributed by atoms with Crippen LogP contribution in [0.1, 0.15) is 21.5 Å². The molecule has 3 rings (SSSR count). The molecule has 1 aromatic heterocycles. The zero-order chi connectivity index (χ0) is 21.3. The van der Waals surface area contributed by atoms with Gasteiger partial charge in [0.2, 0.25) is 10.0 Å². The Hall–Kier alpha value is -2.07. The summed E-state index contributed by atoms with van der Waals surface area (Å²) < 4.78 is 26.4. The molecule has 0 bridgehead atoms. The van der Waals surface area contributed by atoms with E-state index in [4.69, 9.17) is 0 Å².